The maximum Gasteiger partial charge on any atom is 0.255 e. The standard InChI is InChI=1S/C20H24N4O2/c1-13(2)24-12-22-18-10-16(11-21-19(18)24)20(25)23(4)14(3)15-6-8-17(26-5)9-7-15/h6-14H,1-5H3. The zero-order chi connectivity index (χ0) is 18.8. The molecule has 2 aromatic heterocycles. The van der Waals surface area contributed by atoms with Crippen molar-refractivity contribution in [1.29, 1.82) is 0 Å². The van der Waals surface area contributed by atoms with Gasteiger partial charge < -0.3 is 14.2 Å². The Kier molecular flexibility index (Phi) is 4.93. The van der Waals surface area contributed by atoms with Gasteiger partial charge in [-0.15, -0.1) is 0 Å². The lowest BCUT2D eigenvalue weighted by atomic mass is 10.1. The van der Waals surface area contributed by atoms with Gasteiger partial charge in [-0.1, -0.05) is 12.1 Å². The van der Waals surface area contributed by atoms with Crippen LogP contribution >= 0.6 is 0 Å². The van der Waals surface area contributed by atoms with Crippen LogP contribution in [-0.4, -0.2) is 39.5 Å². The Hall–Kier alpha value is -2.89. The SMILES string of the molecule is COc1ccc(C(C)N(C)C(=O)c2cnc3c(c2)ncn3C(C)C)cc1. The summed E-state index contributed by atoms with van der Waals surface area (Å²) in [4.78, 5) is 23.4. The summed E-state index contributed by atoms with van der Waals surface area (Å²) in [5, 5.41) is 0. The van der Waals surface area contributed by atoms with Crippen molar-refractivity contribution in [3.8, 4) is 5.75 Å². The third-order valence-corrected chi connectivity index (χ3v) is 4.72. The van der Waals surface area contributed by atoms with Crippen LogP contribution < -0.4 is 4.74 Å². The minimum absolute atomic E-state index is 0.0719. The molecule has 3 aromatic rings. The van der Waals surface area contributed by atoms with E-state index >= 15 is 0 Å². The lowest BCUT2D eigenvalue weighted by molar-refractivity contribution is 0.0742. The normalized spacial score (nSPS) is 12.4. The van der Waals surface area contributed by atoms with Crippen LogP contribution in [0.5, 0.6) is 5.75 Å². The molecule has 0 N–H and O–H groups in total. The van der Waals surface area contributed by atoms with Gasteiger partial charge in [-0.3, -0.25) is 4.79 Å². The van der Waals surface area contributed by atoms with Crippen molar-refractivity contribution in [2.45, 2.75) is 32.9 Å². The molecule has 0 aliphatic rings. The van der Waals surface area contributed by atoms with Crippen LogP contribution in [0.4, 0.5) is 0 Å². The van der Waals surface area contributed by atoms with Crippen LogP contribution in [0.1, 0.15) is 48.8 Å². The van der Waals surface area contributed by atoms with Crippen LogP contribution in [0.25, 0.3) is 11.2 Å². The first-order chi connectivity index (χ1) is 12.4. The van der Waals surface area contributed by atoms with Crippen LogP contribution in [0.15, 0.2) is 42.9 Å². The molecule has 0 aliphatic heterocycles. The van der Waals surface area contributed by atoms with E-state index < -0.39 is 0 Å². The third-order valence-electron chi connectivity index (χ3n) is 4.72. The van der Waals surface area contributed by atoms with Crippen molar-refractivity contribution >= 4 is 17.1 Å². The molecule has 3 rings (SSSR count). The Morgan fingerprint density at radius 1 is 1.15 bits per heavy atom. The highest BCUT2D eigenvalue weighted by Crippen LogP contribution is 2.24. The van der Waals surface area contributed by atoms with Crippen LogP contribution in [0.3, 0.4) is 0 Å². The maximum absolute atomic E-state index is 12.9. The summed E-state index contributed by atoms with van der Waals surface area (Å²) in [5.41, 5.74) is 3.10. The highest BCUT2D eigenvalue weighted by molar-refractivity contribution is 5.96. The van der Waals surface area contributed by atoms with Gasteiger partial charge in [-0.2, -0.15) is 0 Å². The Balaban J connectivity index is 1.84. The van der Waals surface area contributed by atoms with E-state index in [1.54, 1.807) is 37.6 Å². The van der Waals surface area contributed by atoms with Gasteiger partial charge in [-0.05, 0) is 44.5 Å². The number of hydrogen-bond acceptors (Lipinski definition) is 4. The Labute approximate surface area is 153 Å². The number of ether oxygens (including phenoxy) is 1. The molecule has 1 unspecified atom stereocenters. The molecule has 2 heterocycles. The zero-order valence-corrected chi connectivity index (χ0v) is 15.8. The molecule has 0 bridgehead atoms. The molecule has 1 amide bonds. The van der Waals surface area contributed by atoms with Crippen molar-refractivity contribution in [2.24, 2.45) is 0 Å². The number of methoxy groups -OCH3 is 1. The van der Waals surface area contributed by atoms with E-state index in [2.05, 4.69) is 23.8 Å². The fourth-order valence-corrected chi connectivity index (χ4v) is 2.90. The largest absolute Gasteiger partial charge is 0.497 e. The molecule has 0 fully saturated rings. The molecule has 0 spiro atoms. The summed E-state index contributed by atoms with van der Waals surface area (Å²) in [5.74, 6) is 0.715. The molecule has 26 heavy (non-hydrogen) atoms. The lowest BCUT2D eigenvalue weighted by Gasteiger charge is -2.25. The summed E-state index contributed by atoms with van der Waals surface area (Å²) < 4.78 is 7.18. The van der Waals surface area contributed by atoms with Gasteiger partial charge in [0.1, 0.15) is 11.3 Å². The number of hydrogen-bond donors (Lipinski definition) is 0. The van der Waals surface area contributed by atoms with Gasteiger partial charge >= 0.3 is 0 Å². The number of aromatic nitrogens is 3. The average Bonchev–Trinajstić information content (AvgIpc) is 3.09. The average molecular weight is 352 g/mol. The van der Waals surface area contributed by atoms with Gasteiger partial charge in [0, 0.05) is 19.3 Å². The van der Waals surface area contributed by atoms with Crippen molar-refractivity contribution in [1.82, 2.24) is 19.4 Å². The molecule has 1 atom stereocenters. The third kappa shape index (κ3) is 3.27. The minimum Gasteiger partial charge on any atom is -0.497 e. The summed E-state index contributed by atoms with van der Waals surface area (Å²) in [6.45, 7) is 6.15. The van der Waals surface area contributed by atoms with Crippen molar-refractivity contribution in [3.05, 3.63) is 54.0 Å². The summed E-state index contributed by atoms with van der Waals surface area (Å²) in [6.07, 6.45) is 3.39. The van der Waals surface area contributed by atoms with E-state index in [1.165, 1.54) is 0 Å². The van der Waals surface area contributed by atoms with E-state index in [4.69, 9.17) is 4.74 Å². The Morgan fingerprint density at radius 2 is 1.85 bits per heavy atom. The minimum atomic E-state index is -0.0817. The molecule has 6 nitrogen and oxygen atoms in total. The van der Waals surface area contributed by atoms with E-state index in [1.807, 2.05) is 35.8 Å². The second-order valence-electron chi connectivity index (χ2n) is 6.68. The number of amides is 1. The summed E-state index contributed by atoms with van der Waals surface area (Å²) >= 11 is 0. The molecule has 0 saturated carbocycles. The molecule has 136 valence electrons. The highest BCUT2D eigenvalue weighted by Gasteiger charge is 2.20. The summed E-state index contributed by atoms with van der Waals surface area (Å²) in [6, 6.07) is 9.75. The summed E-state index contributed by atoms with van der Waals surface area (Å²) in [7, 11) is 3.44. The quantitative estimate of drug-likeness (QED) is 0.700. The lowest BCUT2D eigenvalue weighted by Crippen LogP contribution is -2.29. The number of carbonyl (C=O) groups excluding carboxylic acids is 1. The van der Waals surface area contributed by atoms with E-state index in [9.17, 15) is 4.79 Å². The molecule has 0 saturated heterocycles. The predicted octanol–water partition coefficient (Wildman–Crippen LogP) is 3.85. The Bertz CT molecular complexity index is 915. The first kappa shape index (κ1) is 17.9. The van der Waals surface area contributed by atoms with E-state index in [-0.39, 0.29) is 18.0 Å². The number of imidazole rings is 1. The monoisotopic (exact) mass is 352 g/mol. The van der Waals surface area contributed by atoms with E-state index in [0.29, 0.717) is 5.56 Å². The molecule has 6 heteroatoms. The van der Waals surface area contributed by atoms with Gasteiger partial charge in [-0.25, -0.2) is 9.97 Å². The molecule has 0 aliphatic carbocycles. The highest BCUT2D eigenvalue weighted by atomic mass is 16.5. The smallest absolute Gasteiger partial charge is 0.255 e. The fraction of sp³-hybridized carbons (Fsp3) is 0.350. The number of benzene rings is 1. The first-order valence-electron chi connectivity index (χ1n) is 8.66. The number of carbonyl (C=O) groups is 1. The van der Waals surface area contributed by atoms with Crippen LogP contribution in [0, 0.1) is 0 Å². The van der Waals surface area contributed by atoms with Gasteiger partial charge in [0.15, 0.2) is 5.65 Å². The Morgan fingerprint density at radius 3 is 2.46 bits per heavy atom. The number of pyridine rings is 1. The van der Waals surface area contributed by atoms with Gasteiger partial charge in [0.2, 0.25) is 0 Å². The topological polar surface area (TPSA) is 60.2 Å². The van der Waals surface area contributed by atoms with Crippen LogP contribution in [-0.2, 0) is 0 Å². The zero-order valence-electron chi connectivity index (χ0n) is 15.8. The predicted molar refractivity (Wildman–Crippen MR) is 101 cm³/mol. The molecular weight excluding hydrogens is 328 g/mol. The molecule has 1 aromatic carbocycles. The van der Waals surface area contributed by atoms with Crippen molar-refractivity contribution < 1.29 is 9.53 Å². The number of nitrogens with zero attached hydrogens (tertiary/aromatic N) is 4. The second kappa shape index (κ2) is 7.15. The van der Waals surface area contributed by atoms with Crippen LogP contribution in [0.2, 0.25) is 0 Å². The number of fused-ring (bicyclic) bond motifs is 1. The second-order valence-corrected chi connectivity index (χ2v) is 6.68. The molecule has 0 radical (unpaired) electrons. The van der Waals surface area contributed by atoms with Gasteiger partial charge in [0.05, 0.1) is 25.0 Å². The fourth-order valence-electron chi connectivity index (χ4n) is 2.90. The van der Waals surface area contributed by atoms with Crippen molar-refractivity contribution in [2.75, 3.05) is 14.2 Å². The maximum atomic E-state index is 12.9. The number of rotatable bonds is 5. The molecular formula is C20H24N4O2. The van der Waals surface area contributed by atoms with E-state index in [0.717, 1.165) is 22.5 Å². The van der Waals surface area contributed by atoms with Gasteiger partial charge in [0.25, 0.3) is 5.91 Å². The first-order valence-corrected chi connectivity index (χ1v) is 8.66. The van der Waals surface area contributed by atoms with Crippen molar-refractivity contribution in [3.63, 3.8) is 0 Å².